The first-order valence-electron chi connectivity index (χ1n) is 20.1. The average Bonchev–Trinajstić information content (AvgIpc) is 3.69. The molecule has 3 fully saturated rings. The first-order chi connectivity index (χ1) is 28.0. The van der Waals surface area contributed by atoms with Gasteiger partial charge in [-0.25, -0.2) is 19.6 Å². The zero-order valence-electron chi connectivity index (χ0n) is 33.6. The number of carbonyl (C=O) groups excluding carboxylic acids is 4. The van der Waals surface area contributed by atoms with E-state index in [0.29, 0.717) is 73.0 Å². The van der Waals surface area contributed by atoms with Crippen molar-refractivity contribution in [3.63, 3.8) is 0 Å². The number of rotatable bonds is 8. The molecule has 4 amide bonds. The summed E-state index contributed by atoms with van der Waals surface area (Å²) < 4.78 is 18.5. The lowest BCUT2D eigenvalue weighted by Crippen LogP contribution is -2.46. The number of aromatic nitrogens is 5. The third kappa shape index (κ3) is 9.81. The van der Waals surface area contributed by atoms with Crippen molar-refractivity contribution in [3.8, 4) is 11.8 Å². The van der Waals surface area contributed by atoms with Gasteiger partial charge in [0.25, 0.3) is 0 Å². The van der Waals surface area contributed by atoms with Crippen LogP contribution in [-0.2, 0) is 23.9 Å². The van der Waals surface area contributed by atoms with E-state index in [9.17, 15) is 19.2 Å². The Bertz CT molecular complexity index is 2090. The van der Waals surface area contributed by atoms with Gasteiger partial charge in [0.1, 0.15) is 17.6 Å². The number of amides is 4. The minimum atomic E-state index is -0.909. The van der Waals surface area contributed by atoms with Crippen LogP contribution in [0.4, 0.5) is 11.5 Å². The molecule has 5 N–H and O–H groups in total. The third-order valence-corrected chi connectivity index (χ3v) is 10.7. The van der Waals surface area contributed by atoms with Crippen LogP contribution >= 0.6 is 0 Å². The lowest BCUT2D eigenvalue weighted by molar-refractivity contribution is -0.147. The largest absolute Gasteiger partial charge is 0.478 e. The minimum Gasteiger partial charge on any atom is -0.478 e. The molecule has 0 spiro atoms. The fourth-order valence-corrected chi connectivity index (χ4v) is 7.83. The van der Waals surface area contributed by atoms with Gasteiger partial charge in [-0.2, -0.15) is 5.10 Å². The summed E-state index contributed by atoms with van der Waals surface area (Å²) in [6, 6.07) is 6.99. The van der Waals surface area contributed by atoms with E-state index in [1.54, 1.807) is 33.1 Å². The molecule has 0 radical (unpaired) electrons. The Morgan fingerprint density at radius 1 is 0.828 bits per heavy atom. The zero-order valence-corrected chi connectivity index (χ0v) is 33.6. The molecule has 7 heterocycles. The number of nitrogen functional groups attached to an aromatic ring is 1. The van der Waals surface area contributed by atoms with E-state index >= 15 is 0 Å². The molecule has 3 saturated heterocycles. The highest BCUT2D eigenvalue weighted by molar-refractivity contribution is 6.40. The molecule has 7 rings (SSSR count). The van der Waals surface area contributed by atoms with Crippen LogP contribution in [0, 0.1) is 11.8 Å². The summed E-state index contributed by atoms with van der Waals surface area (Å²) in [6.45, 7) is 10.6. The normalized spacial score (nSPS) is 22.0. The number of piperidine rings is 2. The monoisotopic (exact) mass is 798 g/mol. The summed E-state index contributed by atoms with van der Waals surface area (Å²) in [7, 11) is 0. The Hall–Kier alpha value is -5.84. The molecule has 310 valence electrons. The number of pyridine rings is 3. The van der Waals surface area contributed by atoms with Gasteiger partial charge >= 0.3 is 23.6 Å². The van der Waals surface area contributed by atoms with Gasteiger partial charge < -0.3 is 40.8 Å². The van der Waals surface area contributed by atoms with Crippen LogP contribution in [0.3, 0.4) is 0 Å². The number of primary amides is 1. The van der Waals surface area contributed by atoms with Crippen LogP contribution < -0.4 is 26.3 Å². The molecule has 3 aliphatic heterocycles. The van der Waals surface area contributed by atoms with Crippen LogP contribution in [0.25, 0.3) is 10.9 Å². The van der Waals surface area contributed by atoms with Crippen molar-refractivity contribution in [3.05, 3.63) is 60.2 Å². The third-order valence-electron chi connectivity index (χ3n) is 10.7. The molecular weight excluding hydrogens is 745 g/mol. The van der Waals surface area contributed by atoms with Crippen LogP contribution in [-0.4, -0.2) is 91.1 Å². The van der Waals surface area contributed by atoms with Gasteiger partial charge in [-0.1, -0.05) is 13.8 Å². The summed E-state index contributed by atoms with van der Waals surface area (Å²) >= 11 is 0. The van der Waals surface area contributed by atoms with Crippen LogP contribution in [0.1, 0.15) is 102 Å². The van der Waals surface area contributed by atoms with Crippen molar-refractivity contribution < 1.29 is 33.4 Å². The summed E-state index contributed by atoms with van der Waals surface area (Å²) in [4.78, 5) is 65.8. The molecule has 17 nitrogen and oxygen atoms in total. The number of nitrogens with two attached hydrogens (primary N) is 2. The van der Waals surface area contributed by atoms with Crippen LogP contribution in [0.5, 0.6) is 11.8 Å². The lowest BCUT2D eigenvalue weighted by Gasteiger charge is -2.38. The number of ether oxygens (including phenoxy) is 3. The van der Waals surface area contributed by atoms with E-state index in [-0.39, 0.29) is 24.2 Å². The van der Waals surface area contributed by atoms with Crippen molar-refractivity contribution in [1.82, 2.24) is 34.5 Å². The Labute approximate surface area is 337 Å². The van der Waals surface area contributed by atoms with E-state index in [0.717, 1.165) is 56.1 Å². The minimum absolute atomic E-state index is 0.150. The fourth-order valence-electron chi connectivity index (χ4n) is 7.83. The van der Waals surface area contributed by atoms with Gasteiger partial charge in [-0.3, -0.25) is 19.2 Å². The topological polar surface area (TPSA) is 223 Å². The average molecular weight is 799 g/mol. The van der Waals surface area contributed by atoms with Crippen molar-refractivity contribution in [2.24, 2.45) is 17.6 Å². The molecule has 17 heteroatoms. The standard InChI is InChI=1S/C26H33N7O4.C15H21N3O3/c1-3-36-21-12-17(9-10-28-21)20-8-7-16(2)14-32(20)26(35)25(34)30-19-13-29-24(27)18-15-33(31-23(18)19)22-6-4-5-11-37-22;1-3-21-13-8-11(6-7-17-13)12-5-4-10(2)9-18(12)15(20)14(16)19/h9-10,12-13,15-16,20,22H,3-8,11,14H2,1-2H3,(H2,27,29)(H,30,34);6-8,10,12H,3-5,9H2,1-2H3,(H2,16,19). The highest BCUT2D eigenvalue weighted by atomic mass is 16.5. The number of carbonyl (C=O) groups is 4. The maximum atomic E-state index is 13.5. The van der Waals surface area contributed by atoms with Crippen molar-refractivity contribution in [1.29, 1.82) is 0 Å². The van der Waals surface area contributed by atoms with Gasteiger partial charge in [-0.05, 0) is 93.9 Å². The maximum Gasteiger partial charge on any atom is 0.314 e. The Morgan fingerprint density at radius 3 is 1.95 bits per heavy atom. The molecule has 58 heavy (non-hydrogen) atoms. The SMILES string of the molecule is CCOc1cc(C2CCC(C)CN2C(=O)C(=O)Nc2cnc(N)c3cn(C4CCCCO4)nc23)ccn1.CCOc1cc(C2CCC(C)CN2C(=O)C(N)=O)ccn1. The number of nitrogens with one attached hydrogen (secondary N) is 1. The molecule has 4 aromatic heterocycles. The Kier molecular flexibility index (Phi) is 13.7. The van der Waals surface area contributed by atoms with Crippen molar-refractivity contribution in [2.45, 2.75) is 91.0 Å². The number of fused-ring (bicyclic) bond motifs is 1. The van der Waals surface area contributed by atoms with E-state index in [1.165, 1.54) is 6.20 Å². The number of likely N-dealkylation sites (tertiary alicyclic amines) is 2. The van der Waals surface area contributed by atoms with Gasteiger partial charge in [0.15, 0.2) is 0 Å². The molecular formula is C41H54N10O7. The van der Waals surface area contributed by atoms with Gasteiger partial charge in [-0.15, -0.1) is 0 Å². The zero-order chi connectivity index (χ0) is 41.3. The van der Waals surface area contributed by atoms with E-state index < -0.39 is 23.6 Å². The number of hydrogen-bond acceptors (Lipinski definition) is 12. The number of nitrogens with zero attached hydrogens (tertiary/aromatic N) is 7. The lowest BCUT2D eigenvalue weighted by atomic mass is 9.90. The number of anilines is 2. The molecule has 0 aromatic carbocycles. The van der Waals surface area contributed by atoms with Crippen molar-refractivity contribution >= 4 is 46.0 Å². The molecule has 0 aliphatic carbocycles. The molecule has 5 unspecified atom stereocenters. The highest BCUT2D eigenvalue weighted by Gasteiger charge is 2.36. The second-order valence-electron chi connectivity index (χ2n) is 15.1. The Balaban J connectivity index is 0.000000229. The molecule has 0 saturated carbocycles. The molecule has 0 bridgehead atoms. The van der Waals surface area contributed by atoms with Crippen LogP contribution in [0.15, 0.2) is 49.1 Å². The highest BCUT2D eigenvalue weighted by Crippen LogP contribution is 2.36. The molecule has 3 aliphatic rings. The first kappa shape index (κ1) is 41.8. The molecule has 4 aromatic rings. The van der Waals surface area contributed by atoms with E-state index in [4.69, 9.17) is 25.7 Å². The predicted octanol–water partition coefficient (Wildman–Crippen LogP) is 4.71. The second-order valence-corrected chi connectivity index (χ2v) is 15.1. The van der Waals surface area contributed by atoms with Crippen LogP contribution in [0.2, 0.25) is 0 Å². The molecule has 5 atom stereocenters. The summed E-state index contributed by atoms with van der Waals surface area (Å²) in [5, 5.41) is 7.98. The Morgan fingerprint density at radius 2 is 1.41 bits per heavy atom. The summed E-state index contributed by atoms with van der Waals surface area (Å²) in [6.07, 6.45) is 12.8. The maximum absolute atomic E-state index is 13.5. The quantitative estimate of drug-likeness (QED) is 0.206. The predicted molar refractivity (Wildman–Crippen MR) is 215 cm³/mol. The van der Waals surface area contributed by atoms with Gasteiger partial charge in [0, 0.05) is 50.4 Å². The van der Waals surface area contributed by atoms with Crippen molar-refractivity contribution in [2.75, 3.05) is 44.0 Å². The van der Waals surface area contributed by atoms with Gasteiger partial charge in [0.05, 0.1) is 42.6 Å². The smallest absolute Gasteiger partial charge is 0.314 e. The summed E-state index contributed by atoms with van der Waals surface area (Å²) in [5.41, 5.74) is 13.9. The fraction of sp³-hybridized carbons (Fsp3) is 0.512. The number of hydrogen-bond donors (Lipinski definition) is 3. The van der Waals surface area contributed by atoms with E-state index in [1.807, 2.05) is 38.1 Å². The van der Waals surface area contributed by atoms with Gasteiger partial charge in [0.2, 0.25) is 11.8 Å². The van der Waals surface area contributed by atoms with E-state index in [2.05, 4.69) is 39.2 Å². The second kappa shape index (κ2) is 19.1. The first-order valence-corrected chi connectivity index (χ1v) is 20.1. The summed E-state index contributed by atoms with van der Waals surface area (Å²) in [5.74, 6) is -0.914.